The molecule has 0 unspecified atom stereocenters. The van der Waals surface area contributed by atoms with Crippen molar-refractivity contribution >= 4 is 7.60 Å². The summed E-state index contributed by atoms with van der Waals surface area (Å²) in [5.41, 5.74) is -1.94. The van der Waals surface area contributed by atoms with Crippen LogP contribution in [0.5, 0.6) is 0 Å². The van der Waals surface area contributed by atoms with Crippen molar-refractivity contribution in [1.29, 1.82) is 0 Å². The van der Waals surface area contributed by atoms with Crippen LogP contribution in [0.3, 0.4) is 0 Å². The molecule has 0 saturated carbocycles. The molecule has 0 heterocycles. The molecule has 0 saturated heterocycles. The van der Waals surface area contributed by atoms with Crippen LogP contribution in [0.25, 0.3) is 0 Å². The topological polar surface area (TPSA) is 35.5 Å². The summed E-state index contributed by atoms with van der Waals surface area (Å²) >= 11 is 0. The first-order valence-corrected chi connectivity index (χ1v) is 7.40. The van der Waals surface area contributed by atoms with Crippen LogP contribution in [-0.2, 0) is 13.6 Å². The zero-order valence-electron chi connectivity index (χ0n) is 11.7. The highest BCUT2D eigenvalue weighted by molar-refractivity contribution is 7.54. The van der Waals surface area contributed by atoms with E-state index in [-0.39, 0.29) is 6.16 Å². The molecule has 0 N–H and O–H groups in total. The van der Waals surface area contributed by atoms with Crippen LogP contribution in [0, 0.1) is 24.7 Å². The third-order valence-corrected chi connectivity index (χ3v) is 4.12. The number of allylic oxidation sites excluding steroid dienone is 2. The summed E-state index contributed by atoms with van der Waals surface area (Å²) in [7, 11) is -3.38. The van der Waals surface area contributed by atoms with Crippen LogP contribution in [0.4, 0.5) is 0 Å². The monoisotopic (exact) mass is 268 g/mol. The number of hydrogen-bond donors (Lipinski definition) is 0. The lowest BCUT2D eigenvalue weighted by molar-refractivity contribution is 0.0851. The lowest BCUT2D eigenvalue weighted by atomic mass is 10.2. The standard InChI is InChI=1S/C14H21O3P/c1-8-11-12-18(15,16-13(4,5)9-2)17-14(6,7)10-3/h2-3,8,11H,12H2,1,4-7H3. The van der Waals surface area contributed by atoms with Gasteiger partial charge in [0.05, 0.1) is 6.16 Å². The van der Waals surface area contributed by atoms with Gasteiger partial charge in [0.25, 0.3) is 0 Å². The minimum absolute atomic E-state index is 0.139. The highest BCUT2D eigenvalue weighted by Gasteiger charge is 2.36. The van der Waals surface area contributed by atoms with Crippen molar-refractivity contribution in [2.45, 2.75) is 45.8 Å². The van der Waals surface area contributed by atoms with Gasteiger partial charge in [0.15, 0.2) is 0 Å². The third-order valence-electron chi connectivity index (χ3n) is 1.99. The van der Waals surface area contributed by atoms with E-state index in [1.165, 1.54) is 0 Å². The predicted molar refractivity (Wildman–Crippen MR) is 75.3 cm³/mol. The van der Waals surface area contributed by atoms with Gasteiger partial charge in [-0.2, -0.15) is 0 Å². The van der Waals surface area contributed by atoms with Gasteiger partial charge in [-0.25, -0.2) is 0 Å². The molecule has 100 valence electrons. The van der Waals surface area contributed by atoms with Gasteiger partial charge in [0.1, 0.15) is 11.2 Å². The van der Waals surface area contributed by atoms with Gasteiger partial charge in [-0.1, -0.05) is 24.0 Å². The highest BCUT2D eigenvalue weighted by atomic mass is 31.2. The van der Waals surface area contributed by atoms with E-state index in [0.717, 1.165) is 0 Å². The lowest BCUT2D eigenvalue weighted by Gasteiger charge is -2.30. The van der Waals surface area contributed by atoms with Crippen molar-refractivity contribution in [3.8, 4) is 24.7 Å². The maximum Gasteiger partial charge on any atom is 0.337 e. The van der Waals surface area contributed by atoms with Crippen LogP contribution >= 0.6 is 7.60 Å². The summed E-state index contributed by atoms with van der Waals surface area (Å²) in [5, 5.41) is 0. The summed E-state index contributed by atoms with van der Waals surface area (Å²) in [4.78, 5) is 0. The summed E-state index contributed by atoms with van der Waals surface area (Å²) in [5.74, 6) is 4.85. The Kier molecular flexibility index (Phi) is 5.91. The van der Waals surface area contributed by atoms with Crippen molar-refractivity contribution < 1.29 is 13.6 Å². The fourth-order valence-electron chi connectivity index (χ4n) is 1.08. The second-order valence-corrected chi connectivity index (χ2v) is 6.81. The molecule has 0 aromatic rings. The van der Waals surface area contributed by atoms with E-state index in [4.69, 9.17) is 21.9 Å². The average Bonchev–Trinajstić information content (AvgIpc) is 2.25. The molecule has 0 rings (SSSR count). The van der Waals surface area contributed by atoms with E-state index in [2.05, 4.69) is 11.8 Å². The predicted octanol–water partition coefficient (Wildman–Crippen LogP) is 3.61. The molecular weight excluding hydrogens is 247 g/mol. The Morgan fingerprint density at radius 1 is 1.11 bits per heavy atom. The Bertz CT molecular complexity index is 401. The van der Waals surface area contributed by atoms with Crippen LogP contribution in [0.15, 0.2) is 12.2 Å². The average molecular weight is 268 g/mol. The molecule has 4 heteroatoms. The van der Waals surface area contributed by atoms with E-state index in [9.17, 15) is 4.57 Å². The minimum Gasteiger partial charge on any atom is -0.289 e. The second-order valence-electron chi connectivity index (χ2n) is 4.85. The molecule has 0 aliphatic heterocycles. The van der Waals surface area contributed by atoms with E-state index in [0.29, 0.717) is 0 Å². The first-order valence-electron chi connectivity index (χ1n) is 5.67. The van der Waals surface area contributed by atoms with Gasteiger partial charge >= 0.3 is 7.60 Å². The quantitative estimate of drug-likeness (QED) is 0.419. The van der Waals surface area contributed by atoms with Gasteiger partial charge in [-0.05, 0) is 34.6 Å². The molecule has 0 aromatic carbocycles. The van der Waals surface area contributed by atoms with Crippen LogP contribution in [0.1, 0.15) is 34.6 Å². The van der Waals surface area contributed by atoms with Crippen molar-refractivity contribution in [3.05, 3.63) is 12.2 Å². The maximum atomic E-state index is 12.6. The molecular formula is C14H21O3P. The first kappa shape index (κ1) is 17.0. The van der Waals surface area contributed by atoms with Crippen molar-refractivity contribution in [2.24, 2.45) is 0 Å². The van der Waals surface area contributed by atoms with E-state index in [1.807, 2.05) is 6.92 Å². The Hall–Kier alpha value is -0.990. The fourth-order valence-corrected chi connectivity index (χ4v) is 3.23. The fraction of sp³-hybridized carbons (Fsp3) is 0.571. The summed E-state index contributed by atoms with van der Waals surface area (Å²) < 4.78 is 23.6. The molecule has 0 spiro atoms. The Labute approximate surface area is 110 Å². The largest absolute Gasteiger partial charge is 0.337 e. The SMILES string of the molecule is C#CC(C)(C)OP(=O)(CC=CC)OC(C)(C)C#C. The van der Waals surface area contributed by atoms with E-state index in [1.54, 1.807) is 39.8 Å². The molecule has 3 nitrogen and oxygen atoms in total. The molecule has 0 bridgehead atoms. The van der Waals surface area contributed by atoms with Crippen molar-refractivity contribution in [2.75, 3.05) is 6.16 Å². The highest BCUT2D eigenvalue weighted by Crippen LogP contribution is 2.54. The lowest BCUT2D eigenvalue weighted by Crippen LogP contribution is -2.26. The Morgan fingerprint density at radius 3 is 1.78 bits per heavy atom. The van der Waals surface area contributed by atoms with Crippen LogP contribution < -0.4 is 0 Å². The molecule has 0 aromatic heterocycles. The molecule has 0 aliphatic rings. The van der Waals surface area contributed by atoms with E-state index >= 15 is 0 Å². The van der Waals surface area contributed by atoms with Crippen LogP contribution in [0.2, 0.25) is 0 Å². The zero-order chi connectivity index (χ0) is 14.4. The molecule has 0 atom stereocenters. The van der Waals surface area contributed by atoms with Gasteiger partial charge in [0, 0.05) is 0 Å². The third kappa shape index (κ3) is 6.08. The van der Waals surface area contributed by atoms with Crippen LogP contribution in [-0.4, -0.2) is 17.4 Å². The number of hydrogen-bond acceptors (Lipinski definition) is 3. The molecule has 0 aliphatic carbocycles. The summed E-state index contributed by atoms with van der Waals surface area (Å²) in [6, 6.07) is 0. The van der Waals surface area contributed by atoms with Gasteiger partial charge in [0.2, 0.25) is 0 Å². The van der Waals surface area contributed by atoms with Gasteiger partial charge in [-0.15, -0.1) is 12.8 Å². The smallest absolute Gasteiger partial charge is 0.289 e. The molecule has 0 fully saturated rings. The maximum absolute atomic E-state index is 12.6. The zero-order valence-corrected chi connectivity index (χ0v) is 12.6. The minimum atomic E-state index is -3.38. The molecule has 18 heavy (non-hydrogen) atoms. The molecule has 0 radical (unpaired) electrons. The number of rotatable bonds is 6. The Balaban J connectivity index is 5.16. The van der Waals surface area contributed by atoms with Gasteiger partial charge < -0.3 is 0 Å². The Morgan fingerprint density at radius 2 is 1.50 bits per heavy atom. The summed E-state index contributed by atoms with van der Waals surface area (Å²) in [6.07, 6.45) is 14.3. The van der Waals surface area contributed by atoms with Crippen molar-refractivity contribution in [1.82, 2.24) is 0 Å². The van der Waals surface area contributed by atoms with E-state index < -0.39 is 18.8 Å². The van der Waals surface area contributed by atoms with Gasteiger partial charge in [-0.3, -0.25) is 13.6 Å². The van der Waals surface area contributed by atoms with Crippen molar-refractivity contribution in [3.63, 3.8) is 0 Å². The normalized spacial score (nSPS) is 13.3. The second kappa shape index (κ2) is 6.26. The summed E-state index contributed by atoms with van der Waals surface area (Å²) in [6.45, 7) is 8.44. The number of terminal acetylenes is 2. The molecule has 0 amide bonds. The first-order chi connectivity index (χ1) is 8.10.